The molecule has 4 nitrogen and oxygen atoms in total. The van der Waals surface area contributed by atoms with Crippen molar-refractivity contribution in [3.63, 3.8) is 0 Å². The third-order valence-corrected chi connectivity index (χ3v) is 4.30. The Labute approximate surface area is 135 Å². The van der Waals surface area contributed by atoms with E-state index in [2.05, 4.69) is 26.3 Å². The van der Waals surface area contributed by atoms with Gasteiger partial charge in [0.2, 0.25) is 0 Å². The van der Waals surface area contributed by atoms with Gasteiger partial charge in [-0.2, -0.15) is 0 Å². The van der Waals surface area contributed by atoms with E-state index in [0.29, 0.717) is 11.4 Å². The first-order valence-electron chi connectivity index (χ1n) is 6.41. The van der Waals surface area contributed by atoms with Gasteiger partial charge in [0.25, 0.3) is 0 Å². The number of pyridine rings is 1. The fraction of sp³-hybridized carbons (Fsp3) is 0.133. The number of hydrogen-bond acceptors (Lipinski definition) is 4. The fourth-order valence-electron chi connectivity index (χ4n) is 2.25. The van der Waals surface area contributed by atoms with Gasteiger partial charge in [0.05, 0.1) is 15.5 Å². The van der Waals surface area contributed by atoms with Crippen LogP contribution < -0.4 is 11.3 Å². The van der Waals surface area contributed by atoms with Gasteiger partial charge in [-0.15, -0.1) is 0 Å². The summed E-state index contributed by atoms with van der Waals surface area (Å²) in [6.45, 7) is 0. The van der Waals surface area contributed by atoms with E-state index in [-0.39, 0.29) is 6.04 Å². The maximum Gasteiger partial charge on any atom is 0.148 e. The minimum atomic E-state index is -0.163. The summed E-state index contributed by atoms with van der Waals surface area (Å²) in [6, 6.07) is 9.62. The van der Waals surface area contributed by atoms with Crippen LogP contribution in [0.3, 0.4) is 0 Å². The predicted octanol–water partition coefficient (Wildman–Crippen LogP) is 3.99. The van der Waals surface area contributed by atoms with Crippen molar-refractivity contribution in [2.45, 2.75) is 12.5 Å². The lowest BCUT2D eigenvalue weighted by Gasteiger charge is -2.13. The number of hydrogen-bond donors (Lipinski definition) is 2. The summed E-state index contributed by atoms with van der Waals surface area (Å²) in [5.41, 5.74) is 4.57. The zero-order valence-electron chi connectivity index (χ0n) is 11.0. The summed E-state index contributed by atoms with van der Waals surface area (Å²) in [7, 11) is 0. The van der Waals surface area contributed by atoms with E-state index in [4.69, 9.17) is 21.9 Å². The highest BCUT2D eigenvalue weighted by molar-refractivity contribution is 9.10. The van der Waals surface area contributed by atoms with Crippen LogP contribution >= 0.6 is 27.5 Å². The molecule has 3 N–H and O–H groups in total. The number of halogens is 2. The molecule has 3 aromatic rings. The molecule has 108 valence electrons. The maximum atomic E-state index is 6.15. The largest absolute Gasteiger partial charge is 0.458 e. The van der Waals surface area contributed by atoms with Crippen LogP contribution in [-0.4, -0.2) is 4.98 Å². The molecule has 2 heterocycles. The summed E-state index contributed by atoms with van der Waals surface area (Å²) in [5, 5.41) is 1.65. The van der Waals surface area contributed by atoms with Gasteiger partial charge in [-0.25, -0.2) is 5.43 Å². The molecule has 3 rings (SSSR count). The molecule has 0 fully saturated rings. The van der Waals surface area contributed by atoms with Crippen LogP contribution in [0.5, 0.6) is 0 Å². The van der Waals surface area contributed by atoms with Gasteiger partial charge < -0.3 is 4.42 Å². The second-order valence-electron chi connectivity index (χ2n) is 4.70. The quantitative estimate of drug-likeness (QED) is 0.541. The van der Waals surface area contributed by atoms with Gasteiger partial charge in [-0.05, 0) is 46.1 Å². The van der Waals surface area contributed by atoms with Gasteiger partial charge in [-0.1, -0.05) is 23.7 Å². The van der Waals surface area contributed by atoms with Gasteiger partial charge in [-0.3, -0.25) is 10.8 Å². The Balaban J connectivity index is 1.95. The average molecular weight is 367 g/mol. The van der Waals surface area contributed by atoms with E-state index in [1.807, 2.05) is 30.3 Å². The summed E-state index contributed by atoms with van der Waals surface area (Å²) < 4.78 is 6.84. The molecule has 0 aliphatic carbocycles. The van der Waals surface area contributed by atoms with E-state index in [9.17, 15) is 0 Å². The summed E-state index contributed by atoms with van der Waals surface area (Å²) in [6.07, 6.45) is 3.96. The van der Waals surface area contributed by atoms with Crippen LogP contribution in [0.15, 0.2) is 51.6 Å². The Bertz CT molecular complexity index is 774. The highest BCUT2D eigenvalue weighted by atomic mass is 79.9. The van der Waals surface area contributed by atoms with Gasteiger partial charge in [0.1, 0.15) is 11.3 Å². The normalized spacial score (nSPS) is 12.7. The average Bonchev–Trinajstić information content (AvgIpc) is 2.92. The lowest BCUT2D eigenvalue weighted by atomic mass is 10.1. The van der Waals surface area contributed by atoms with Crippen LogP contribution in [0.25, 0.3) is 11.0 Å². The Morgan fingerprint density at radius 2 is 2.24 bits per heavy atom. The fourth-order valence-corrected chi connectivity index (χ4v) is 2.91. The molecule has 21 heavy (non-hydrogen) atoms. The molecule has 2 aromatic heterocycles. The minimum absolute atomic E-state index is 0.163. The number of rotatable bonds is 4. The minimum Gasteiger partial charge on any atom is -0.458 e. The van der Waals surface area contributed by atoms with E-state index < -0.39 is 0 Å². The van der Waals surface area contributed by atoms with Crippen molar-refractivity contribution >= 4 is 38.5 Å². The first-order chi connectivity index (χ1) is 10.2. The van der Waals surface area contributed by atoms with Crippen molar-refractivity contribution < 1.29 is 4.42 Å². The molecule has 6 heteroatoms. The molecule has 0 saturated carbocycles. The SMILES string of the molecule is NNC(Cc1ccncc1Cl)c1cc2cccc(Br)c2o1. The van der Waals surface area contributed by atoms with Crippen LogP contribution in [0.1, 0.15) is 17.4 Å². The molecular formula is C15H13BrClN3O. The van der Waals surface area contributed by atoms with Crippen molar-refractivity contribution in [1.29, 1.82) is 0 Å². The molecular weight excluding hydrogens is 354 g/mol. The number of aromatic nitrogens is 1. The molecule has 0 saturated heterocycles. The van der Waals surface area contributed by atoms with Crippen LogP contribution in [0, 0.1) is 0 Å². The van der Waals surface area contributed by atoms with Crippen molar-refractivity contribution in [3.05, 3.63) is 63.5 Å². The molecule has 1 aromatic carbocycles. The first-order valence-corrected chi connectivity index (χ1v) is 7.58. The number of nitrogens with one attached hydrogen (secondary N) is 1. The van der Waals surface area contributed by atoms with Crippen molar-refractivity contribution in [3.8, 4) is 0 Å². The number of nitrogens with zero attached hydrogens (tertiary/aromatic N) is 1. The second kappa shape index (κ2) is 6.15. The monoisotopic (exact) mass is 365 g/mol. The Hall–Kier alpha value is -1.40. The third kappa shape index (κ3) is 2.96. The smallest absolute Gasteiger partial charge is 0.148 e. The molecule has 0 bridgehead atoms. The summed E-state index contributed by atoms with van der Waals surface area (Å²) >= 11 is 9.63. The predicted molar refractivity (Wildman–Crippen MR) is 86.9 cm³/mol. The highest BCUT2D eigenvalue weighted by Gasteiger charge is 2.17. The standard InChI is InChI=1S/C15H13BrClN3O/c16-11-3-1-2-10-7-14(21-15(10)11)13(20-18)6-9-4-5-19-8-12(9)17/h1-5,7-8,13,20H,6,18H2. The van der Waals surface area contributed by atoms with Crippen molar-refractivity contribution in [1.82, 2.24) is 10.4 Å². The number of hydrazine groups is 1. The van der Waals surface area contributed by atoms with E-state index in [0.717, 1.165) is 26.8 Å². The lowest BCUT2D eigenvalue weighted by molar-refractivity contribution is 0.434. The molecule has 0 aliphatic heterocycles. The topological polar surface area (TPSA) is 64.1 Å². The van der Waals surface area contributed by atoms with Crippen LogP contribution in [0.2, 0.25) is 5.02 Å². The Morgan fingerprint density at radius 1 is 1.38 bits per heavy atom. The van der Waals surface area contributed by atoms with Crippen molar-refractivity contribution in [2.24, 2.45) is 5.84 Å². The molecule has 1 atom stereocenters. The number of nitrogens with two attached hydrogens (primary N) is 1. The Kier molecular flexibility index (Phi) is 4.26. The number of para-hydroxylation sites is 1. The van der Waals surface area contributed by atoms with Gasteiger partial charge in [0.15, 0.2) is 0 Å². The van der Waals surface area contributed by atoms with Gasteiger partial charge >= 0.3 is 0 Å². The zero-order valence-corrected chi connectivity index (χ0v) is 13.4. The second-order valence-corrected chi connectivity index (χ2v) is 5.96. The third-order valence-electron chi connectivity index (χ3n) is 3.34. The number of furan rings is 1. The van der Waals surface area contributed by atoms with Crippen LogP contribution in [0.4, 0.5) is 0 Å². The first kappa shape index (κ1) is 14.5. The van der Waals surface area contributed by atoms with Gasteiger partial charge in [0, 0.05) is 17.8 Å². The van der Waals surface area contributed by atoms with E-state index in [1.165, 1.54) is 0 Å². The zero-order chi connectivity index (χ0) is 14.8. The summed E-state index contributed by atoms with van der Waals surface area (Å²) in [4.78, 5) is 3.98. The maximum absolute atomic E-state index is 6.15. The van der Waals surface area contributed by atoms with Crippen molar-refractivity contribution in [2.75, 3.05) is 0 Å². The lowest BCUT2D eigenvalue weighted by Crippen LogP contribution is -2.29. The molecule has 0 amide bonds. The van der Waals surface area contributed by atoms with E-state index in [1.54, 1.807) is 12.4 Å². The molecule has 0 aliphatic rings. The molecule has 0 spiro atoms. The molecule has 0 radical (unpaired) electrons. The van der Waals surface area contributed by atoms with Crippen LogP contribution in [-0.2, 0) is 6.42 Å². The van der Waals surface area contributed by atoms with E-state index >= 15 is 0 Å². The Morgan fingerprint density at radius 3 is 2.95 bits per heavy atom. The summed E-state index contributed by atoms with van der Waals surface area (Å²) in [5.74, 6) is 6.45. The molecule has 1 unspecified atom stereocenters. The number of fused-ring (bicyclic) bond motifs is 1. The number of benzene rings is 1. The highest BCUT2D eigenvalue weighted by Crippen LogP contribution is 2.31.